The summed E-state index contributed by atoms with van der Waals surface area (Å²) in [6.07, 6.45) is 1.05. The highest BCUT2D eigenvalue weighted by atomic mass is 16.5. The molecule has 1 saturated heterocycles. The molecule has 1 aromatic heterocycles. The molecule has 0 aliphatic carbocycles. The number of Topliss-reactive ketones (excluding diaryl/α,β-unsaturated/α-hetero) is 1. The van der Waals surface area contributed by atoms with Crippen molar-refractivity contribution in [3.05, 3.63) is 11.8 Å². The van der Waals surface area contributed by atoms with E-state index in [1.807, 2.05) is 6.92 Å². The number of methoxy groups -OCH3 is 1. The number of ether oxygens (including phenoxy) is 1. The summed E-state index contributed by atoms with van der Waals surface area (Å²) in [5, 5.41) is 7.00. The fraction of sp³-hybridized carbons (Fsp3) is 0.600. The van der Waals surface area contributed by atoms with Gasteiger partial charge in [0.15, 0.2) is 5.76 Å². The first-order valence-corrected chi connectivity index (χ1v) is 4.97. The van der Waals surface area contributed by atoms with Crippen molar-refractivity contribution in [1.82, 2.24) is 10.5 Å². The number of hydrogen-bond donors (Lipinski definition) is 1. The Morgan fingerprint density at radius 3 is 3.00 bits per heavy atom. The van der Waals surface area contributed by atoms with Gasteiger partial charge in [-0.25, -0.2) is 0 Å². The quantitative estimate of drug-likeness (QED) is 0.790. The third-order valence-electron chi connectivity index (χ3n) is 2.51. The molecule has 0 bridgehead atoms. The van der Waals surface area contributed by atoms with E-state index in [0.717, 1.165) is 0 Å². The molecule has 5 heteroatoms. The van der Waals surface area contributed by atoms with Gasteiger partial charge >= 0.3 is 0 Å². The number of carbonyl (C=O) groups is 1. The molecule has 2 atom stereocenters. The smallest absolute Gasteiger partial charge is 0.254 e. The maximum atomic E-state index is 11.4. The Hall–Kier alpha value is -1.36. The van der Waals surface area contributed by atoms with Crippen LogP contribution in [0.15, 0.2) is 10.6 Å². The van der Waals surface area contributed by atoms with E-state index in [9.17, 15) is 4.79 Å². The van der Waals surface area contributed by atoms with Crippen molar-refractivity contribution in [2.24, 2.45) is 0 Å². The van der Waals surface area contributed by atoms with Gasteiger partial charge in [0.05, 0.1) is 13.2 Å². The molecule has 0 saturated carbocycles. The minimum atomic E-state index is -0.0716. The zero-order valence-electron chi connectivity index (χ0n) is 8.82. The number of piperidine rings is 1. The molecule has 2 rings (SSSR count). The molecular weight excluding hydrogens is 196 g/mol. The Kier molecular flexibility index (Phi) is 2.73. The molecule has 1 fully saturated rings. The summed E-state index contributed by atoms with van der Waals surface area (Å²) in [6.45, 7) is 1.98. The van der Waals surface area contributed by atoms with Crippen LogP contribution in [0.1, 0.15) is 31.6 Å². The van der Waals surface area contributed by atoms with Crippen molar-refractivity contribution in [3.8, 4) is 5.88 Å². The lowest BCUT2D eigenvalue weighted by Crippen LogP contribution is -2.38. The average Bonchev–Trinajstić information content (AvgIpc) is 2.64. The highest BCUT2D eigenvalue weighted by Crippen LogP contribution is 2.25. The maximum absolute atomic E-state index is 11.4. The number of nitrogens with zero attached hydrogens (tertiary/aromatic N) is 1. The lowest BCUT2D eigenvalue weighted by molar-refractivity contribution is -0.121. The van der Waals surface area contributed by atoms with Crippen LogP contribution in [0.2, 0.25) is 0 Å². The van der Waals surface area contributed by atoms with Crippen LogP contribution in [0.25, 0.3) is 0 Å². The van der Waals surface area contributed by atoms with Crippen molar-refractivity contribution in [3.63, 3.8) is 0 Å². The van der Waals surface area contributed by atoms with E-state index in [0.29, 0.717) is 24.5 Å². The standard InChI is InChI=1S/C10H14N2O3/c1-6-3-7(13)4-8(11-6)9-5-10(14-2)12-15-9/h5-6,8,11H,3-4H2,1-2H3. The van der Waals surface area contributed by atoms with Crippen LogP contribution in [-0.2, 0) is 4.79 Å². The number of aromatic nitrogens is 1. The monoisotopic (exact) mass is 210 g/mol. The topological polar surface area (TPSA) is 64.4 Å². The van der Waals surface area contributed by atoms with Gasteiger partial charge in [-0.3, -0.25) is 4.79 Å². The molecule has 2 heterocycles. The molecule has 0 radical (unpaired) electrons. The second kappa shape index (κ2) is 4.02. The third-order valence-corrected chi connectivity index (χ3v) is 2.51. The number of carbonyl (C=O) groups excluding carboxylic acids is 1. The van der Waals surface area contributed by atoms with Crippen LogP contribution in [0.5, 0.6) is 5.88 Å². The largest absolute Gasteiger partial charge is 0.479 e. The van der Waals surface area contributed by atoms with E-state index >= 15 is 0 Å². The van der Waals surface area contributed by atoms with Gasteiger partial charge in [0.25, 0.3) is 5.88 Å². The summed E-state index contributed by atoms with van der Waals surface area (Å²) in [6, 6.07) is 1.83. The highest BCUT2D eigenvalue weighted by Gasteiger charge is 2.27. The predicted molar refractivity (Wildman–Crippen MR) is 52.6 cm³/mol. The molecule has 1 aromatic rings. The summed E-state index contributed by atoms with van der Waals surface area (Å²) in [4.78, 5) is 11.4. The summed E-state index contributed by atoms with van der Waals surface area (Å²) in [7, 11) is 1.53. The van der Waals surface area contributed by atoms with Crippen LogP contribution in [-0.4, -0.2) is 24.1 Å². The first-order valence-electron chi connectivity index (χ1n) is 4.97. The molecule has 0 spiro atoms. The second-order valence-corrected chi connectivity index (χ2v) is 3.84. The molecule has 0 amide bonds. The third kappa shape index (κ3) is 2.18. The number of rotatable bonds is 2. The fourth-order valence-corrected chi connectivity index (χ4v) is 1.83. The van der Waals surface area contributed by atoms with Crippen molar-refractivity contribution in [1.29, 1.82) is 0 Å². The zero-order chi connectivity index (χ0) is 10.8. The summed E-state index contributed by atoms with van der Waals surface area (Å²) in [5.41, 5.74) is 0. The minimum absolute atomic E-state index is 0.0716. The van der Waals surface area contributed by atoms with Crippen molar-refractivity contribution in [2.75, 3.05) is 7.11 Å². The van der Waals surface area contributed by atoms with Crippen LogP contribution in [0.3, 0.4) is 0 Å². The number of nitrogens with one attached hydrogen (secondary N) is 1. The van der Waals surface area contributed by atoms with E-state index in [1.54, 1.807) is 6.07 Å². The molecule has 1 aliphatic heterocycles. The van der Waals surface area contributed by atoms with Gasteiger partial charge in [-0.05, 0) is 12.1 Å². The zero-order valence-corrected chi connectivity index (χ0v) is 8.82. The molecule has 1 N–H and O–H groups in total. The fourth-order valence-electron chi connectivity index (χ4n) is 1.83. The van der Waals surface area contributed by atoms with Crippen LogP contribution in [0.4, 0.5) is 0 Å². The van der Waals surface area contributed by atoms with Crippen LogP contribution in [0, 0.1) is 0 Å². The molecule has 0 aromatic carbocycles. The van der Waals surface area contributed by atoms with Crippen LogP contribution < -0.4 is 10.1 Å². The molecular formula is C10H14N2O3. The van der Waals surface area contributed by atoms with Crippen molar-refractivity contribution < 1.29 is 14.1 Å². The summed E-state index contributed by atoms with van der Waals surface area (Å²) in [5.74, 6) is 1.35. The van der Waals surface area contributed by atoms with Gasteiger partial charge in [-0.15, -0.1) is 0 Å². The Morgan fingerprint density at radius 1 is 1.60 bits per heavy atom. The van der Waals surface area contributed by atoms with E-state index in [4.69, 9.17) is 9.26 Å². The molecule has 82 valence electrons. The van der Waals surface area contributed by atoms with Gasteiger partial charge < -0.3 is 14.6 Å². The SMILES string of the molecule is COc1cc(C2CC(=O)CC(C)N2)on1. The molecule has 1 aliphatic rings. The van der Waals surface area contributed by atoms with Gasteiger partial charge in [0, 0.05) is 24.9 Å². The number of ketones is 1. The summed E-state index contributed by atoms with van der Waals surface area (Å²) < 4.78 is 10.0. The first kappa shape index (κ1) is 10.2. The lowest BCUT2D eigenvalue weighted by Gasteiger charge is -2.25. The minimum Gasteiger partial charge on any atom is -0.479 e. The molecule has 5 nitrogen and oxygen atoms in total. The average molecular weight is 210 g/mol. The first-order chi connectivity index (χ1) is 7.19. The Morgan fingerprint density at radius 2 is 2.40 bits per heavy atom. The van der Waals surface area contributed by atoms with E-state index < -0.39 is 0 Å². The van der Waals surface area contributed by atoms with Gasteiger partial charge in [-0.2, -0.15) is 0 Å². The second-order valence-electron chi connectivity index (χ2n) is 3.84. The predicted octanol–water partition coefficient (Wildman–Crippen LogP) is 1.07. The molecule has 2 unspecified atom stereocenters. The van der Waals surface area contributed by atoms with E-state index in [2.05, 4.69) is 10.5 Å². The molecule has 15 heavy (non-hydrogen) atoms. The number of hydrogen-bond acceptors (Lipinski definition) is 5. The summed E-state index contributed by atoms with van der Waals surface area (Å²) >= 11 is 0. The van der Waals surface area contributed by atoms with Crippen molar-refractivity contribution >= 4 is 5.78 Å². The normalized spacial score (nSPS) is 26.7. The Labute approximate surface area is 87.8 Å². The Balaban J connectivity index is 2.12. The van der Waals surface area contributed by atoms with Gasteiger partial charge in [0.2, 0.25) is 0 Å². The van der Waals surface area contributed by atoms with E-state index in [1.165, 1.54) is 7.11 Å². The van der Waals surface area contributed by atoms with E-state index in [-0.39, 0.29) is 17.9 Å². The maximum Gasteiger partial charge on any atom is 0.254 e. The Bertz CT molecular complexity index is 361. The van der Waals surface area contributed by atoms with Crippen molar-refractivity contribution in [2.45, 2.75) is 31.8 Å². The van der Waals surface area contributed by atoms with Gasteiger partial charge in [0.1, 0.15) is 5.78 Å². The van der Waals surface area contributed by atoms with Gasteiger partial charge in [-0.1, -0.05) is 0 Å². The van der Waals surface area contributed by atoms with Crippen LogP contribution >= 0.6 is 0 Å². The highest BCUT2D eigenvalue weighted by molar-refractivity contribution is 5.80. The lowest BCUT2D eigenvalue weighted by atomic mass is 9.97.